The number of hydrogen-bond donors (Lipinski definition) is 1. The molecule has 0 aromatic heterocycles. The third-order valence-electron chi connectivity index (χ3n) is 4.14. The van der Waals surface area contributed by atoms with Gasteiger partial charge in [-0.3, -0.25) is 0 Å². The molecule has 1 aliphatic heterocycles. The van der Waals surface area contributed by atoms with Gasteiger partial charge in [0, 0.05) is 6.54 Å². The van der Waals surface area contributed by atoms with Crippen LogP contribution in [0.15, 0.2) is 30.3 Å². The van der Waals surface area contributed by atoms with Crippen LogP contribution in [0.4, 0.5) is 0 Å². The van der Waals surface area contributed by atoms with Crippen LogP contribution in [0.3, 0.4) is 0 Å². The van der Waals surface area contributed by atoms with Crippen molar-refractivity contribution in [3.8, 4) is 0 Å². The van der Waals surface area contributed by atoms with E-state index in [2.05, 4.69) is 54.4 Å². The minimum Gasteiger partial charge on any atom is -0.316 e. The zero-order valence-electron chi connectivity index (χ0n) is 13.1. The Labute approximate surface area is 124 Å². The first-order valence-electron chi connectivity index (χ1n) is 8.21. The van der Waals surface area contributed by atoms with Crippen molar-refractivity contribution in [3.63, 3.8) is 0 Å². The molecule has 1 N–H and O–H groups in total. The Bertz CT molecular complexity index is 361. The Morgan fingerprint density at radius 1 is 1.25 bits per heavy atom. The maximum atomic E-state index is 3.60. The van der Waals surface area contributed by atoms with Crippen molar-refractivity contribution in [2.45, 2.75) is 33.1 Å². The van der Waals surface area contributed by atoms with Crippen molar-refractivity contribution in [2.24, 2.45) is 11.8 Å². The van der Waals surface area contributed by atoms with E-state index in [1.54, 1.807) is 0 Å². The second-order valence-corrected chi connectivity index (χ2v) is 6.60. The highest BCUT2D eigenvalue weighted by atomic mass is 15.1. The fraction of sp³-hybridized carbons (Fsp3) is 0.667. The zero-order chi connectivity index (χ0) is 14.2. The SMILES string of the molecule is CC(C)CNCC1CCN(CCCc2ccccc2)C1. The fourth-order valence-electron chi connectivity index (χ4n) is 3.01. The van der Waals surface area contributed by atoms with Gasteiger partial charge in [0.05, 0.1) is 0 Å². The average molecular weight is 274 g/mol. The van der Waals surface area contributed by atoms with E-state index in [1.807, 2.05) is 0 Å². The van der Waals surface area contributed by atoms with E-state index in [4.69, 9.17) is 0 Å². The van der Waals surface area contributed by atoms with Crippen LogP contribution in [0.5, 0.6) is 0 Å². The molecule has 1 saturated heterocycles. The summed E-state index contributed by atoms with van der Waals surface area (Å²) in [6.07, 6.45) is 3.88. The second-order valence-electron chi connectivity index (χ2n) is 6.60. The molecule has 2 heteroatoms. The molecule has 0 amide bonds. The molecule has 2 rings (SSSR count). The van der Waals surface area contributed by atoms with E-state index in [0.29, 0.717) is 0 Å². The third kappa shape index (κ3) is 5.64. The maximum absolute atomic E-state index is 3.60. The lowest BCUT2D eigenvalue weighted by Gasteiger charge is -2.16. The molecule has 0 saturated carbocycles. The van der Waals surface area contributed by atoms with E-state index in [0.717, 1.165) is 18.4 Å². The molecule has 2 nitrogen and oxygen atoms in total. The molecule has 0 bridgehead atoms. The van der Waals surface area contributed by atoms with Crippen molar-refractivity contribution in [1.82, 2.24) is 10.2 Å². The van der Waals surface area contributed by atoms with Gasteiger partial charge in [-0.05, 0) is 62.8 Å². The van der Waals surface area contributed by atoms with Gasteiger partial charge in [0.1, 0.15) is 0 Å². The minimum atomic E-state index is 0.762. The van der Waals surface area contributed by atoms with Gasteiger partial charge in [-0.25, -0.2) is 0 Å². The van der Waals surface area contributed by atoms with Gasteiger partial charge in [-0.1, -0.05) is 44.2 Å². The molecular weight excluding hydrogens is 244 g/mol. The number of nitrogens with zero attached hydrogens (tertiary/aromatic N) is 1. The van der Waals surface area contributed by atoms with Crippen LogP contribution in [0.25, 0.3) is 0 Å². The highest BCUT2D eigenvalue weighted by Gasteiger charge is 2.21. The Balaban J connectivity index is 1.57. The minimum absolute atomic E-state index is 0.762. The predicted octanol–water partition coefficient (Wildman–Crippen LogP) is 3.19. The molecule has 112 valence electrons. The number of benzene rings is 1. The van der Waals surface area contributed by atoms with Gasteiger partial charge in [0.2, 0.25) is 0 Å². The van der Waals surface area contributed by atoms with Crippen LogP contribution in [-0.2, 0) is 6.42 Å². The van der Waals surface area contributed by atoms with Gasteiger partial charge in [0.15, 0.2) is 0 Å². The second kappa shape index (κ2) is 8.43. The molecule has 1 atom stereocenters. The molecule has 0 radical (unpaired) electrons. The average Bonchev–Trinajstić information content (AvgIpc) is 2.87. The van der Waals surface area contributed by atoms with Gasteiger partial charge >= 0.3 is 0 Å². The summed E-state index contributed by atoms with van der Waals surface area (Å²) < 4.78 is 0. The Kier molecular flexibility index (Phi) is 6.55. The summed E-state index contributed by atoms with van der Waals surface area (Å²) in [5, 5.41) is 3.60. The highest BCUT2D eigenvalue weighted by Crippen LogP contribution is 2.16. The number of rotatable bonds is 8. The van der Waals surface area contributed by atoms with Crippen LogP contribution < -0.4 is 5.32 Å². The quantitative estimate of drug-likeness (QED) is 0.783. The van der Waals surface area contributed by atoms with E-state index in [-0.39, 0.29) is 0 Å². The standard InChI is InChI=1S/C18H30N2/c1-16(2)13-19-14-18-10-12-20(15-18)11-6-9-17-7-4-3-5-8-17/h3-5,7-8,16,18-19H,6,9-15H2,1-2H3. The zero-order valence-corrected chi connectivity index (χ0v) is 13.1. The normalized spacial score (nSPS) is 19.9. The number of hydrogen-bond acceptors (Lipinski definition) is 2. The van der Waals surface area contributed by atoms with Crippen molar-refractivity contribution in [1.29, 1.82) is 0 Å². The molecular formula is C18H30N2. The molecule has 1 aliphatic rings. The summed E-state index contributed by atoms with van der Waals surface area (Å²) in [5.74, 6) is 1.63. The first-order valence-corrected chi connectivity index (χ1v) is 8.21. The summed E-state index contributed by atoms with van der Waals surface area (Å²) in [6, 6.07) is 10.9. The smallest absolute Gasteiger partial charge is 0.00223 e. The van der Waals surface area contributed by atoms with Crippen LogP contribution in [0.1, 0.15) is 32.3 Å². The van der Waals surface area contributed by atoms with Gasteiger partial charge in [0.25, 0.3) is 0 Å². The van der Waals surface area contributed by atoms with E-state index < -0.39 is 0 Å². The van der Waals surface area contributed by atoms with Gasteiger partial charge in [-0.2, -0.15) is 0 Å². The predicted molar refractivity (Wildman–Crippen MR) is 87.0 cm³/mol. The van der Waals surface area contributed by atoms with E-state index >= 15 is 0 Å². The van der Waals surface area contributed by atoms with Crippen LogP contribution in [0, 0.1) is 11.8 Å². The third-order valence-corrected chi connectivity index (χ3v) is 4.14. The summed E-state index contributed by atoms with van der Waals surface area (Å²) in [4.78, 5) is 2.64. The highest BCUT2D eigenvalue weighted by molar-refractivity contribution is 5.14. The molecule has 20 heavy (non-hydrogen) atoms. The summed E-state index contributed by atoms with van der Waals surface area (Å²) in [5.41, 5.74) is 1.47. The van der Waals surface area contributed by atoms with Crippen molar-refractivity contribution < 1.29 is 0 Å². The topological polar surface area (TPSA) is 15.3 Å². The summed E-state index contributed by atoms with van der Waals surface area (Å²) >= 11 is 0. The molecule has 1 unspecified atom stereocenters. The first-order chi connectivity index (χ1) is 9.74. The lowest BCUT2D eigenvalue weighted by molar-refractivity contribution is 0.316. The van der Waals surface area contributed by atoms with Crippen molar-refractivity contribution >= 4 is 0 Å². The summed E-state index contributed by atoms with van der Waals surface area (Å²) in [6.45, 7) is 10.8. The molecule has 1 heterocycles. The largest absolute Gasteiger partial charge is 0.316 e. The molecule has 1 aromatic carbocycles. The van der Waals surface area contributed by atoms with Crippen LogP contribution in [0.2, 0.25) is 0 Å². The Morgan fingerprint density at radius 3 is 2.80 bits per heavy atom. The molecule has 1 fully saturated rings. The molecule has 0 aliphatic carbocycles. The Hall–Kier alpha value is -0.860. The number of aryl methyl sites for hydroxylation is 1. The monoisotopic (exact) mass is 274 g/mol. The maximum Gasteiger partial charge on any atom is 0.00223 e. The lowest BCUT2D eigenvalue weighted by Crippen LogP contribution is -2.29. The number of likely N-dealkylation sites (tertiary alicyclic amines) is 1. The molecule has 1 aromatic rings. The Morgan fingerprint density at radius 2 is 2.05 bits per heavy atom. The molecule has 0 spiro atoms. The van der Waals surface area contributed by atoms with Gasteiger partial charge in [-0.15, -0.1) is 0 Å². The number of nitrogens with one attached hydrogen (secondary N) is 1. The van der Waals surface area contributed by atoms with E-state index in [9.17, 15) is 0 Å². The van der Waals surface area contributed by atoms with Crippen molar-refractivity contribution in [3.05, 3.63) is 35.9 Å². The van der Waals surface area contributed by atoms with Crippen LogP contribution >= 0.6 is 0 Å². The van der Waals surface area contributed by atoms with Crippen LogP contribution in [-0.4, -0.2) is 37.6 Å². The lowest BCUT2D eigenvalue weighted by atomic mass is 10.1. The van der Waals surface area contributed by atoms with Gasteiger partial charge < -0.3 is 10.2 Å². The summed E-state index contributed by atoms with van der Waals surface area (Å²) in [7, 11) is 0. The van der Waals surface area contributed by atoms with E-state index in [1.165, 1.54) is 51.0 Å². The van der Waals surface area contributed by atoms with Crippen molar-refractivity contribution in [2.75, 3.05) is 32.7 Å². The fourth-order valence-corrected chi connectivity index (χ4v) is 3.01. The first kappa shape index (κ1) is 15.5.